The Kier molecular flexibility index (Phi) is 5.05. The van der Waals surface area contributed by atoms with Crippen LogP contribution in [0.5, 0.6) is 5.75 Å². The smallest absolute Gasteiger partial charge is 0.234 e. The number of benzene rings is 1. The van der Waals surface area contributed by atoms with Crippen molar-refractivity contribution in [2.75, 3.05) is 6.54 Å². The summed E-state index contributed by atoms with van der Waals surface area (Å²) in [6.07, 6.45) is 0.851. The second kappa shape index (κ2) is 7.40. The average Bonchev–Trinajstić information content (AvgIpc) is 2.96. The van der Waals surface area contributed by atoms with Gasteiger partial charge in [-0.1, -0.05) is 24.3 Å². The Labute approximate surface area is 140 Å². The van der Waals surface area contributed by atoms with Gasteiger partial charge in [0.2, 0.25) is 5.91 Å². The molecule has 24 heavy (non-hydrogen) atoms. The molecule has 6 heteroatoms. The van der Waals surface area contributed by atoms with Crippen LogP contribution in [-0.2, 0) is 17.9 Å². The second-order valence-corrected chi connectivity index (χ2v) is 5.90. The molecular formula is C18H20FN3O2. The normalized spacial score (nSPS) is 20.9. The average molecular weight is 329 g/mol. The number of pyridine rings is 1. The van der Waals surface area contributed by atoms with Gasteiger partial charge in [0.05, 0.1) is 11.7 Å². The lowest BCUT2D eigenvalue weighted by atomic mass is 10.1. The van der Waals surface area contributed by atoms with Crippen LogP contribution in [-0.4, -0.2) is 34.5 Å². The van der Waals surface area contributed by atoms with E-state index in [2.05, 4.69) is 4.98 Å². The first kappa shape index (κ1) is 16.4. The van der Waals surface area contributed by atoms with Crippen LogP contribution in [0.3, 0.4) is 0 Å². The van der Waals surface area contributed by atoms with Crippen molar-refractivity contribution in [3.8, 4) is 5.75 Å². The fourth-order valence-electron chi connectivity index (χ4n) is 2.95. The van der Waals surface area contributed by atoms with Gasteiger partial charge in [0.15, 0.2) is 0 Å². The summed E-state index contributed by atoms with van der Waals surface area (Å²) < 4.78 is 19.5. The maximum absolute atomic E-state index is 13.7. The Bertz CT molecular complexity index is 696. The molecule has 0 aliphatic carbocycles. The van der Waals surface area contributed by atoms with Crippen molar-refractivity contribution in [2.24, 2.45) is 5.73 Å². The van der Waals surface area contributed by atoms with Gasteiger partial charge in [-0.15, -0.1) is 0 Å². The van der Waals surface area contributed by atoms with Gasteiger partial charge in [-0.2, -0.15) is 0 Å². The minimum absolute atomic E-state index is 0.159. The summed E-state index contributed by atoms with van der Waals surface area (Å²) in [5.41, 5.74) is 7.11. The van der Waals surface area contributed by atoms with Crippen molar-refractivity contribution < 1.29 is 13.9 Å². The zero-order valence-corrected chi connectivity index (χ0v) is 13.3. The molecular weight excluding hydrogens is 309 g/mol. The first-order valence-corrected chi connectivity index (χ1v) is 7.91. The molecule has 1 saturated heterocycles. The van der Waals surface area contributed by atoms with Gasteiger partial charge < -0.3 is 10.5 Å². The van der Waals surface area contributed by atoms with Crippen molar-refractivity contribution in [3.63, 3.8) is 0 Å². The van der Waals surface area contributed by atoms with Crippen LogP contribution in [0, 0.1) is 0 Å². The summed E-state index contributed by atoms with van der Waals surface area (Å²) in [7, 11) is 0. The Morgan fingerprint density at radius 1 is 1.29 bits per heavy atom. The fourth-order valence-corrected chi connectivity index (χ4v) is 2.95. The molecule has 1 aromatic heterocycles. The first-order chi connectivity index (χ1) is 11.6. The van der Waals surface area contributed by atoms with Crippen LogP contribution in [0.25, 0.3) is 0 Å². The first-order valence-electron chi connectivity index (χ1n) is 7.91. The molecule has 0 radical (unpaired) electrons. The van der Waals surface area contributed by atoms with Crippen molar-refractivity contribution >= 4 is 5.91 Å². The van der Waals surface area contributed by atoms with Crippen LogP contribution in [0.15, 0.2) is 48.7 Å². The molecule has 0 bridgehead atoms. The van der Waals surface area contributed by atoms with E-state index in [-0.39, 0.29) is 13.0 Å². The van der Waals surface area contributed by atoms with Crippen LogP contribution < -0.4 is 10.5 Å². The predicted molar refractivity (Wildman–Crippen MR) is 87.9 cm³/mol. The highest BCUT2D eigenvalue weighted by molar-refractivity contribution is 5.80. The van der Waals surface area contributed by atoms with Crippen molar-refractivity contribution in [3.05, 3.63) is 59.9 Å². The number of nitrogens with zero attached hydrogens (tertiary/aromatic N) is 2. The van der Waals surface area contributed by atoms with E-state index in [9.17, 15) is 9.18 Å². The summed E-state index contributed by atoms with van der Waals surface area (Å²) in [5, 5.41) is 0. The number of aromatic nitrogens is 1. The number of rotatable bonds is 6. The van der Waals surface area contributed by atoms with E-state index in [1.807, 2.05) is 42.5 Å². The molecule has 1 aromatic carbocycles. The Morgan fingerprint density at radius 2 is 2.08 bits per heavy atom. The largest absolute Gasteiger partial charge is 0.487 e. The molecule has 0 saturated carbocycles. The van der Waals surface area contributed by atoms with Crippen molar-refractivity contribution in [2.45, 2.75) is 31.8 Å². The van der Waals surface area contributed by atoms with Gasteiger partial charge in [-0.25, -0.2) is 4.39 Å². The number of likely N-dealkylation sites (tertiary alicyclic amines) is 1. The van der Waals surface area contributed by atoms with Gasteiger partial charge in [0, 0.05) is 31.3 Å². The van der Waals surface area contributed by atoms with E-state index < -0.39 is 18.1 Å². The fraction of sp³-hybridized carbons (Fsp3) is 0.333. The summed E-state index contributed by atoms with van der Waals surface area (Å²) in [4.78, 5) is 17.5. The second-order valence-electron chi connectivity index (χ2n) is 5.90. The molecule has 3 rings (SSSR count). The zero-order valence-electron chi connectivity index (χ0n) is 13.3. The number of hydrogen-bond donors (Lipinski definition) is 1. The zero-order chi connectivity index (χ0) is 16.9. The lowest BCUT2D eigenvalue weighted by Crippen LogP contribution is -2.39. The Hall–Kier alpha value is -2.47. The summed E-state index contributed by atoms with van der Waals surface area (Å²) >= 11 is 0. The summed E-state index contributed by atoms with van der Waals surface area (Å²) in [5.74, 6) is 0.218. The minimum atomic E-state index is -1.02. The highest BCUT2D eigenvalue weighted by Gasteiger charge is 2.35. The SMILES string of the molecule is NC(=O)[C@@H]1C[C@@H](F)CN1Cc1ccccc1OCc1ccccn1. The third-order valence-corrected chi connectivity index (χ3v) is 4.13. The number of primary amides is 1. The number of carbonyl (C=O) groups excluding carboxylic acids is 1. The topological polar surface area (TPSA) is 68.5 Å². The van der Waals surface area contributed by atoms with E-state index >= 15 is 0 Å². The molecule has 2 N–H and O–H groups in total. The number of ether oxygens (including phenoxy) is 1. The molecule has 2 atom stereocenters. The van der Waals surface area contributed by atoms with Gasteiger partial charge in [0.1, 0.15) is 18.5 Å². The van der Waals surface area contributed by atoms with E-state index in [1.165, 1.54) is 0 Å². The molecule has 126 valence electrons. The van der Waals surface area contributed by atoms with Gasteiger partial charge in [-0.3, -0.25) is 14.7 Å². The third-order valence-electron chi connectivity index (χ3n) is 4.13. The Balaban J connectivity index is 1.71. The highest BCUT2D eigenvalue weighted by Crippen LogP contribution is 2.26. The highest BCUT2D eigenvalue weighted by atomic mass is 19.1. The molecule has 1 aliphatic heterocycles. The van der Waals surface area contributed by atoms with Gasteiger partial charge >= 0.3 is 0 Å². The molecule has 2 heterocycles. The maximum Gasteiger partial charge on any atom is 0.234 e. The lowest BCUT2D eigenvalue weighted by Gasteiger charge is -2.22. The molecule has 0 unspecified atom stereocenters. The summed E-state index contributed by atoms with van der Waals surface area (Å²) in [6.45, 7) is 0.984. The van der Waals surface area contributed by atoms with Crippen LogP contribution in [0.2, 0.25) is 0 Å². The van der Waals surface area contributed by atoms with Crippen LogP contribution >= 0.6 is 0 Å². The standard InChI is InChI=1S/C18H20FN3O2/c19-14-9-16(18(20)23)22(11-14)10-13-5-1-2-7-17(13)24-12-15-6-3-4-8-21-15/h1-8,14,16H,9-12H2,(H2,20,23)/t14-,16+/m1/s1. The number of nitrogens with two attached hydrogens (primary N) is 1. The number of carbonyl (C=O) groups is 1. The molecule has 2 aromatic rings. The number of hydrogen-bond acceptors (Lipinski definition) is 4. The molecule has 0 spiro atoms. The lowest BCUT2D eigenvalue weighted by molar-refractivity contribution is -0.122. The molecule has 1 fully saturated rings. The van der Waals surface area contributed by atoms with E-state index in [1.54, 1.807) is 11.1 Å². The molecule has 1 aliphatic rings. The predicted octanol–water partition coefficient (Wildman–Crippen LogP) is 2.06. The van der Waals surface area contributed by atoms with Crippen LogP contribution in [0.4, 0.5) is 4.39 Å². The number of halogens is 1. The van der Waals surface area contributed by atoms with E-state index in [0.29, 0.717) is 18.9 Å². The molecule has 5 nitrogen and oxygen atoms in total. The van der Waals surface area contributed by atoms with Crippen molar-refractivity contribution in [1.82, 2.24) is 9.88 Å². The van der Waals surface area contributed by atoms with E-state index in [0.717, 1.165) is 11.3 Å². The third kappa shape index (κ3) is 3.89. The monoisotopic (exact) mass is 329 g/mol. The molecule has 1 amide bonds. The number of alkyl halides is 1. The van der Waals surface area contributed by atoms with Gasteiger partial charge in [-0.05, 0) is 18.2 Å². The summed E-state index contributed by atoms with van der Waals surface area (Å²) in [6, 6.07) is 12.6. The quantitative estimate of drug-likeness (QED) is 0.881. The maximum atomic E-state index is 13.7. The van der Waals surface area contributed by atoms with E-state index in [4.69, 9.17) is 10.5 Å². The van der Waals surface area contributed by atoms with Crippen LogP contribution in [0.1, 0.15) is 17.7 Å². The van der Waals surface area contributed by atoms with Crippen molar-refractivity contribution in [1.29, 1.82) is 0 Å². The minimum Gasteiger partial charge on any atom is -0.487 e. The van der Waals surface area contributed by atoms with Gasteiger partial charge in [0.25, 0.3) is 0 Å². The number of amides is 1. The number of para-hydroxylation sites is 1. The Morgan fingerprint density at radius 3 is 2.83 bits per heavy atom.